The van der Waals surface area contributed by atoms with Crippen molar-refractivity contribution >= 4 is 23.7 Å². The summed E-state index contributed by atoms with van der Waals surface area (Å²) in [4.78, 5) is 11.1. The molecule has 0 amide bonds. The number of hydrogen-bond acceptors (Lipinski definition) is 6. The summed E-state index contributed by atoms with van der Waals surface area (Å²) in [7, 11) is 0. The number of nitriles is 1. The van der Waals surface area contributed by atoms with E-state index in [1.165, 1.54) is 11.6 Å². The summed E-state index contributed by atoms with van der Waals surface area (Å²) >= 11 is 0. The second-order valence-electron chi connectivity index (χ2n) is 8.45. The Morgan fingerprint density at radius 3 is 2.86 bits per heavy atom. The maximum absolute atomic E-state index is 14.1. The van der Waals surface area contributed by atoms with E-state index in [4.69, 9.17) is 10.00 Å². The Morgan fingerprint density at radius 2 is 2.11 bits per heavy atom. The van der Waals surface area contributed by atoms with Crippen molar-refractivity contribution in [1.29, 1.82) is 5.26 Å². The summed E-state index contributed by atoms with van der Waals surface area (Å²) in [6, 6.07) is 18.1. The minimum Gasteiger partial charge on any atom is -0.473 e. The van der Waals surface area contributed by atoms with Gasteiger partial charge in [-0.3, -0.25) is 9.89 Å². The first-order valence-electron chi connectivity index (χ1n) is 11.6. The molecule has 2 aromatic carbocycles. The molecule has 0 radical (unpaired) electrons. The second-order valence-corrected chi connectivity index (χ2v) is 8.45. The van der Waals surface area contributed by atoms with Crippen LogP contribution in [0.25, 0.3) is 5.57 Å². The molecule has 4 rings (SSSR count). The van der Waals surface area contributed by atoms with Crippen LogP contribution in [0.2, 0.25) is 0 Å². The fraction of sp³-hybridized carbons (Fsp3) is 0.250. The van der Waals surface area contributed by atoms with Gasteiger partial charge in [0.05, 0.1) is 28.7 Å². The first kappa shape index (κ1) is 24.1. The predicted molar refractivity (Wildman–Crippen MR) is 138 cm³/mol. The number of aryl methyl sites for hydroxylation is 1. The highest BCUT2D eigenvalue weighted by Crippen LogP contribution is 2.26. The average molecular weight is 470 g/mol. The summed E-state index contributed by atoms with van der Waals surface area (Å²) < 4.78 is 19.8. The van der Waals surface area contributed by atoms with Crippen LogP contribution in [-0.2, 0) is 6.61 Å². The number of ether oxygens (including phenoxy) is 1. The molecule has 1 aliphatic rings. The minimum absolute atomic E-state index is 0.0535. The van der Waals surface area contributed by atoms with Crippen LogP contribution in [0, 0.1) is 24.1 Å². The van der Waals surface area contributed by atoms with Crippen LogP contribution in [-0.4, -0.2) is 42.8 Å². The molecule has 0 saturated heterocycles. The summed E-state index contributed by atoms with van der Waals surface area (Å²) in [5, 5.41) is 12.3. The van der Waals surface area contributed by atoms with Gasteiger partial charge in [-0.15, -0.1) is 0 Å². The van der Waals surface area contributed by atoms with Gasteiger partial charge in [0, 0.05) is 37.8 Å². The average Bonchev–Trinajstić information content (AvgIpc) is 2.89. The van der Waals surface area contributed by atoms with Crippen molar-refractivity contribution in [2.75, 3.05) is 31.5 Å². The highest BCUT2D eigenvalue weighted by atomic mass is 19.1. The van der Waals surface area contributed by atoms with Crippen molar-refractivity contribution in [2.45, 2.75) is 20.0 Å². The molecule has 1 aliphatic heterocycles. The Hall–Kier alpha value is -4.02. The number of anilines is 1. The molecule has 0 aliphatic carbocycles. The lowest BCUT2D eigenvalue weighted by molar-refractivity contribution is 0.287. The molecule has 3 aromatic rings. The molecule has 0 unspecified atom stereocenters. The number of aliphatic imine (C=N–C) groups is 1. The molecular weight excluding hydrogens is 441 g/mol. The van der Waals surface area contributed by atoms with Gasteiger partial charge < -0.3 is 10.1 Å². The van der Waals surface area contributed by atoms with Crippen molar-refractivity contribution in [3.05, 3.63) is 88.9 Å². The van der Waals surface area contributed by atoms with Crippen LogP contribution in [0.5, 0.6) is 5.88 Å². The molecule has 7 heteroatoms. The summed E-state index contributed by atoms with van der Waals surface area (Å²) in [6.07, 6.45) is 3.10. The van der Waals surface area contributed by atoms with E-state index in [0.717, 1.165) is 55.2 Å². The van der Waals surface area contributed by atoms with E-state index >= 15 is 0 Å². The third-order valence-corrected chi connectivity index (χ3v) is 5.97. The van der Waals surface area contributed by atoms with Crippen molar-refractivity contribution in [3.8, 4) is 11.9 Å². The van der Waals surface area contributed by atoms with Crippen LogP contribution >= 0.6 is 0 Å². The van der Waals surface area contributed by atoms with Gasteiger partial charge in [0.2, 0.25) is 5.88 Å². The maximum Gasteiger partial charge on any atom is 0.214 e. The van der Waals surface area contributed by atoms with Gasteiger partial charge in [-0.1, -0.05) is 24.3 Å². The van der Waals surface area contributed by atoms with Crippen LogP contribution in [0.3, 0.4) is 0 Å². The van der Waals surface area contributed by atoms with Gasteiger partial charge >= 0.3 is 0 Å². The zero-order valence-electron chi connectivity index (χ0n) is 19.8. The molecule has 0 atom stereocenters. The second kappa shape index (κ2) is 11.4. The van der Waals surface area contributed by atoms with Gasteiger partial charge in [0.1, 0.15) is 12.4 Å². The number of aromatic nitrogens is 1. The third-order valence-electron chi connectivity index (χ3n) is 5.97. The Kier molecular flexibility index (Phi) is 7.86. The number of benzene rings is 2. The quantitative estimate of drug-likeness (QED) is 0.418. The van der Waals surface area contributed by atoms with Crippen molar-refractivity contribution in [3.63, 3.8) is 0 Å². The fourth-order valence-electron chi connectivity index (χ4n) is 3.98. The molecule has 0 saturated carbocycles. The molecule has 6 nitrogen and oxygen atoms in total. The van der Waals surface area contributed by atoms with E-state index in [0.29, 0.717) is 11.4 Å². The van der Waals surface area contributed by atoms with E-state index in [2.05, 4.69) is 39.1 Å². The number of hydrogen-bond donors (Lipinski definition) is 1. The molecule has 0 bridgehead atoms. The number of nitrogens with zero attached hydrogens (tertiary/aromatic N) is 4. The monoisotopic (exact) mass is 469 g/mol. The predicted octanol–water partition coefficient (Wildman–Crippen LogP) is 5.51. The topological polar surface area (TPSA) is 73.5 Å². The standard InChI is InChI=1S/C28H28FN5O/c1-20-6-9-26(27(16-20)31-2)32-12-15-34-13-10-22(11-14-34)25-4-3-5-28(33-25)35-19-23-8-7-21(18-30)17-24(23)29/h3-10,16-17,32H,2,11-15,19H2,1H3. The largest absolute Gasteiger partial charge is 0.473 e. The molecule has 1 N–H and O–H groups in total. The smallest absolute Gasteiger partial charge is 0.214 e. The molecule has 0 spiro atoms. The highest BCUT2D eigenvalue weighted by Gasteiger charge is 2.14. The molecule has 35 heavy (non-hydrogen) atoms. The van der Waals surface area contributed by atoms with Crippen LogP contribution < -0.4 is 10.1 Å². The van der Waals surface area contributed by atoms with Crippen LogP contribution in [0.15, 0.2) is 65.7 Å². The van der Waals surface area contributed by atoms with Gasteiger partial charge in [-0.25, -0.2) is 9.37 Å². The maximum atomic E-state index is 14.1. The Labute approximate surface area is 205 Å². The van der Waals surface area contributed by atoms with Crippen molar-refractivity contribution in [2.24, 2.45) is 4.99 Å². The molecule has 0 fully saturated rings. The van der Waals surface area contributed by atoms with Crippen molar-refractivity contribution < 1.29 is 9.13 Å². The SMILES string of the molecule is C=Nc1cc(C)ccc1NCCN1CC=C(c2cccc(OCc3ccc(C#N)cc3F)n2)CC1. The summed E-state index contributed by atoms with van der Waals surface area (Å²) in [5.74, 6) is -0.00680. The Morgan fingerprint density at radius 1 is 1.23 bits per heavy atom. The fourth-order valence-corrected chi connectivity index (χ4v) is 3.98. The molecule has 1 aromatic heterocycles. The molecular formula is C28H28FN5O. The highest BCUT2D eigenvalue weighted by molar-refractivity contribution is 5.68. The first-order chi connectivity index (χ1) is 17.1. The van der Waals surface area contributed by atoms with Gasteiger partial charge in [-0.2, -0.15) is 5.26 Å². The number of nitrogens with one attached hydrogen (secondary N) is 1. The minimum atomic E-state index is -0.455. The van der Waals surface area contributed by atoms with E-state index in [-0.39, 0.29) is 12.2 Å². The zero-order chi connectivity index (χ0) is 24.6. The van der Waals surface area contributed by atoms with E-state index in [1.807, 2.05) is 37.3 Å². The van der Waals surface area contributed by atoms with Gasteiger partial charge in [-0.05, 0) is 61.5 Å². The Balaban J connectivity index is 1.30. The van der Waals surface area contributed by atoms with Gasteiger partial charge in [0.25, 0.3) is 0 Å². The summed E-state index contributed by atoms with van der Waals surface area (Å²) in [6.45, 7) is 9.29. The van der Waals surface area contributed by atoms with E-state index < -0.39 is 5.82 Å². The van der Waals surface area contributed by atoms with Gasteiger partial charge in [0.15, 0.2) is 0 Å². The van der Waals surface area contributed by atoms with E-state index in [1.54, 1.807) is 18.2 Å². The Bertz CT molecular complexity index is 1280. The lowest BCUT2D eigenvalue weighted by atomic mass is 10.0. The van der Waals surface area contributed by atoms with Crippen LogP contribution in [0.4, 0.5) is 15.8 Å². The number of halogens is 1. The number of pyridine rings is 1. The number of rotatable bonds is 9. The van der Waals surface area contributed by atoms with Crippen molar-refractivity contribution in [1.82, 2.24) is 9.88 Å². The van der Waals surface area contributed by atoms with E-state index in [9.17, 15) is 4.39 Å². The normalized spacial score (nSPS) is 13.6. The zero-order valence-corrected chi connectivity index (χ0v) is 19.8. The molecule has 178 valence electrons. The lowest BCUT2D eigenvalue weighted by Crippen LogP contribution is -2.32. The van der Waals surface area contributed by atoms with Crippen LogP contribution in [0.1, 0.15) is 28.8 Å². The first-order valence-corrected chi connectivity index (χ1v) is 11.6. The third kappa shape index (κ3) is 6.31. The molecule has 2 heterocycles. The lowest BCUT2D eigenvalue weighted by Gasteiger charge is -2.26. The summed E-state index contributed by atoms with van der Waals surface area (Å²) in [5.41, 5.74) is 5.77.